The summed E-state index contributed by atoms with van der Waals surface area (Å²) in [5.41, 5.74) is -0.153. The number of hydrogen-bond donors (Lipinski definition) is 3. The zero-order valence-electron chi connectivity index (χ0n) is 17.0. The fraction of sp³-hybridized carbons (Fsp3) is 0.667. The lowest BCUT2D eigenvalue weighted by Gasteiger charge is -2.49. The van der Waals surface area contributed by atoms with E-state index in [1.807, 2.05) is 0 Å². The molecule has 3 aliphatic rings. The van der Waals surface area contributed by atoms with Crippen LogP contribution in [-0.2, 0) is 6.37 Å². The van der Waals surface area contributed by atoms with Crippen LogP contribution < -0.4 is 0 Å². The summed E-state index contributed by atoms with van der Waals surface area (Å²) < 4.78 is 43.0. The van der Waals surface area contributed by atoms with Gasteiger partial charge in [0.1, 0.15) is 5.75 Å². The molecule has 7 atom stereocenters. The summed E-state index contributed by atoms with van der Waals surface area (Å²) in [5, 5.41) is 30.6. The van der Waals surface area contributed by atoms with E-state index in [-0.39, 0.29) is 17.7 Å². The highest BCUT2D eigenvalue weighted by Gasteiger charge is 2.57. The maximum Gasteiger partial charge on any atom is 0.115 e. The number of aliphatic hydroxyl groups excluding tert-OH is 2. The molecular formula is C18H24O3. The van der Waals surface area contributed by atoms with E-state index in [1.165, 1.54) is 12.1 Å². The van der Waals surface area contributed by atoms with Crippen molar-refractivity contribution in [3.63, 3.8) is 0 Å². The van der Waals surface area contributed by atoms with Gasteiger partial charge in [-0.3, -0.25) is 0 Å². The van der Waals surface area contributed by atoms with Gasteiger partial charge >= 0.3 is 0 Å². The van der Waals surface area contributed by atoms with E-state index in [1.54, 1.807) is 13.0 Å². The third kappa shape index (κ3) is 1.80. The van der Waals surface area contributed by atoms with Crippen molar-refractivity contribution in [2.24, 2.45) is 17.3 Å². The van der Waals surface area contributed by atoms with Crippen LogP contribution in [0.15, 0.2) is 18.2 Å². The van der Waals surface area contributed by atoms with Crippen molar-refractivity contribution in [2.45, 2.75) is 57.0 Å². The Morgan fingerprint density at radius 2 is 2.14 bits per heavy atom. The van der Waals surface area contributed by atoms with Gasteiger partial charge < -0.3 is 15.3 Å². The first kappa shape index (κ1) is 9.16. The number of hydrogen-bond acceptors (Lipinski definition) is 3. The smallest absolute Gasteiger partial charge is 0.115 e. The molecular weight excluding hydrogens is 264 g/mol. The van der Waals surface area contributed by atoms with Crippen LogP contribution in [0.25, 0.3) is 0 Å². The number of benzene rings is 1. The molecule has 2 fully saturated rings. The molecule has 0 amide bonds. The van der Waals surface area contributed by atoms with E-state index in [4.69, 9.17) is 6.85 Å². The minimum absolute atomic E-state index is 0.101. The predicted octanol–water partition coefficient (Wildman–Crippen LogP) is 2.58. The molecule has 3 aliphatic carbocycles. The average molecular weight is 293 g/mol. The Morgan fingerprint density at radius 1 is 1.33 bits per heavy atom. The molecule has 1 aromatic rings. The number of phenolic OH excluding ortho intramolecular Hbond substituents is 1. The maximum atomic E-state index is 10.5. The van der Waals surface area contributed by atoms with Crippen molar-refractivity contribution >= 4 is 0 Å². The van der Waals surface area contributed by atoms with Crippen molar-refractivity contribution in [3.8, 4) is 5.75 Å². The largest absolute Gasteiger partial charge is 0.508 e. The molecule has 0 saturated heterocycles. The number of aliphatic hydroxyl groups is 2. The van der Waals surface area contributed by atoms with E-state index >= 15 is 0 Å². The second-order valence-corrected chi connectivity index (χ2v) is 6.89. The van der Waals surface area contributed by atoms with Crippen LogP contribution in [0.1, 0.15) is 56.4 Å². The summed E-state index contributed by atoms with van der Waals surface area (Å²) in [4.78, 5) is 0. The number of aryl methyl sites for hydroxylation is 1. The molecule has 2 saturated carbocycles. The molecule has 1 unspecified atom stereocenters. The topological polar surface area (TPSA) is 60.7 Å². The molecule has 114 valence electrons. The molecule has 3 N–H and O–H groups in total. The molecule has 0 aromatic heterocycles. The summed E-state index contributed by atoms with van der Waals surface area (Å²) in [6.07, 6.45) is -6.88. The molecule has 0 radical (unpaired) electrons. The van der Waals surface area contributed by atoms with Crippen LogP contribution in [0.5, 0.6) is 5.75 Å². The molecule has 4 rings (SSSR count). The van der Waals surface area contributed by atoms with E-state index in [2.05, 4.69) is 0 Å². The highest BCUT2D eigenvalue weighted by Crippen LogP contribution is 2.60. The quantitative estimate of drug-likeness (QED) is 0.689. The fourth-order valence-electron chi connectivity index (χ4n) is 4.54. The normalized spacial score (nSPS) is 56.6. The number of aromatic hydroxyl groups is 1. The zero-order valence-corrected chi connectivity index (χ0v) is 12.0. The Kier molecular flexibility index (Phi) is 1.95. The van der Waals surface area contributed by atoms with Gasteiger partial charge in [0.15, 0.2) is 0 Å². The van der Waals surface area contributed by atoms with E-state index in [0.29, 0.717) is 12.0 Å². The van der Waals surface area contributed by atoms with Gasteiger partial charge in [0, 0.05) is 6.85 Å². The number of rotatable bonds is 0. The Balaban J connectivity index is 1.95. The van der Waals surface area contributed by atoms with Gasteiger partial charge in [0.25, 0.3) is 0 Å². The van der Waals surface area contributed by atoms with E-state index in [9.17, 15) is 15.3 Å². The third-order valence-electron chi connectivity index (χ3n) is 5.78. The molecule has 0 bridgehead atoms. The van der Waals surface area contributed by atoms with Crippen molar-refractivity contribution in [1.29, 1.82) is 0 Å². The Bertz CT molecular complexity index is 754. The SMILES string of the molecule is [2H]C1C[C@]2(C)[C@H](O)[C@H](O)C[C@H]2[C@H]2[C@H]1c1ccc(O)cc1C([2H])([2H])C2([2H])[2H]. The van der Waals surface area contributed by atoms with Crippen LogP contribution in [0.4, 0.5) is 0 Å². The first-order valence-electron chi connectivity index (χ1n) is 10.1. The Morgan fingerprint density at radius 3 is 2.95 bits per heavy atom. The van der Waals surface area contributed by atoms with Crippen LogP contribution in [0.3, 0.4) is 0 Å². The van der Waals surface area contributed by atoms with Gasteiger partial charge in [-0.15, -0.1) is 0 Å². The lowest BCUT2D eigenvalue weighted by molar-refractivity contribution is -0.0505. The first-order chi connectivity index (χ1) is 11.9. The van der Waals surface area contributed by atoms with Crippen molar-refractivity contribution in [2.75, 3.05) is 0 Å². The molecule has 0 heterocycles. The van der Waals surface area contributed by atoms with Crippen molar-refractivity contribution in [3.05, 3.63) is 29.3 Å². The maximum absolute atomic E-state index is 10.5. The average Bonchev–Trinajstić information content (AvgIpc) is 2.76. The van der Waals surface area contributed by atoms with Crippen LogP contribution >= 0.6 is 0 Å². The zero-order chi connectivity index (χ0) is 19.2. The van der Waals surface area contributed by atoms with Gasteiger partial charge in [0.05, 0.1) is 12.2 Å². The lowest BCUT2D eigenvalue weighted by Crippen LogP contribution is -2.44. The van der Waals surface area contributed by atoms with Gasteiger partial charge in [-0.05, 0) is 78.4 Å². The summed E-state index contributed by atoms with van der Waals surface area (Å²) in [6, 6.07) is 4.31. The number of fused-ring (bicyclic) bond motifs is 5. The molecule has 0 aliphatic heterocycles. The second kappa shape index (κ2) is 4.47. The van der Waals surface area contributed by atoms with Gasteiger partial charge in [-0.25, -0.2) is 0 Å². The second-order valence-electron chi connectivity index (χ2n) is 6.89. The van der Waals surface area contributed by atoms with E-state index in [0.717, 1.165) is 0 Å². The van der Waals surface area contributed by atoms with Gasteiger partial charge in [-0.1, -0.05) is 13.0 Å². The minimum Gasteiger partial charge on any atom is -0.508 e. The summed E-state index contributed by atoms with van der Waals surface area (Å²) >= 11 is 0. The van der Waals surface area contributed by atoms with Crippen molar-refractivity contribution in [1.82, 2.24) is 0 Å². The summed E-state index contributed by atoms with van der Waals surface area (Å²) in [7, 11) is 0. The van der Waals surface area contributed by atoms with Crippen LogP contribution in [0, 0.1) is 17.3 Å². The standard InChI is InChI=1S/C18H24O3/c1-18-7-6-13-12-5-3-11(19)8-10(12)2-4-14(13)15(18)9-16(20)17(18)21/h3,5,8,13-17,19-21H,2,4,6-7,9H2,1H3/t13-,14-,15+,16-,17-,18+/m1/s1/i2D2,4D2,6D/t6?,13-,14-,15+,16-,17-,18+. The predicted molar refractivity (Wildman–Crippen MR) is 80.1 cm³/mol. The molecule has 1 aromatic carbocycles. The monoisotopic (exact) mass is 293 g/mol. The summed E-state index contributed by atoms with van der Waals surface area (Å²) in [5.74, 6) is -1.93. The van der Waals surface area contributed by atoms with E-state index < -0.39 is 54.5 Å². The van der Waals surface area contributed by atoms with Crippen LogP contribution in [-0.4, -0.2) is 27.5 Å². The van der Waals surface area contributed by atoms with Gasteiger partial charge in [-0.2, -0.15) is 0 Å². The Hall–Kier alpha value is -1.06. The Labute approximate surface area is 132 Å². The fourth-order valence-corrected chi connectivity index (χ4v) is 4.54. The lowest BCUT2D eigenvalue weighted by atomic mass is 9.55. The molecule has 3 nitrogen and oxygen atoms in total. The summed E-state index contributed by atoms with van der Waals surface area (Å²) in [6.45, 7) is 1.79. The molecule has 0 spiro atoms. The first-order valence-corrected chi connectivity index (χ1v) is 7.54. The third-order valence-corrected chi connectivity index (χ3v) is 5.78. The minimum atomic E-state index is -2.35. The highest BCUT2D eigenvalue weighted by atomic mass is 16.3. The van der Waals surface area contributed by atoms with Crippen LogP contribution in [0.2, 0.25) is 0 Å². The van der Waals surface area contributed by atoms with Crippen molar-refractivity contribution < 1.29 is 22.2 Å². The molecule has 21 heavy (non-hydrogen) atoms. The highest BCUT2D eigenvalue weighted by molar-refractivity contribution is 5.40. The molecule has 3 heteroatoms. The van der Waals surface area contributed by atoms with Gasteiger partial charge in [0.2, 0.25) is 0 Å². The number of phenols is 1.